The lowest BCUT2D eigenvalue weighted by molar-refractivity contribution is 0.104. The first kappa shape index (κ1) is 16.0. The zero-order chi connectivity index (χ0) is 18.1. The van der Waals surface area contributed by atoms with Crippen molar-refractivity contribution < 1.29 is 13.6 Å². The Bertz CT molecular complexity index is 1220. The topological polar surface area (TPSA) is 47.3 Å². The fraction of sp³-hybridized carbons (Fsp3) is 0. The van der Waals surface area contributed by atoms with Crippen LogP contribution in [0.15, 0.2) is 82.0 Å². The third kappa shape index (κ3) is 2.93. The molecule has 26 heavy (non-hydrogen) atoms. The second-order valence-corrected chi connectivity index (χ2v) is 5.90. The van der Waals surface area contributed by atoms with E-state index in [9.17, 15) is 14.0 Å². The molecule has 4 rings (SSSR count). The summed E-state index contributed by atoms with van der Waals surface area (Å²) in [6.07, 6.45) is 2.82. The molecule has 0 spiro atoms. The van der Waals surface area contributed by atoms with Crippen molar-refractivity contribution in [1.29, 1.82) is 0 Å². The maximum absolute atomic E-state index is 12.9. The van der Waals surface area contributed by atoms with Crippen molar-refractivity contribution in [2.45, 2.75) is 0 Å². The van der Waals surface area contributed by atoms with Gasteiger partial charge >= 0.3 is 5.63 Å². The number of carbonyl (C=O) groups excluding carboxylic acids is 1. The smallest absolute Gasteiger partial charge is 0.347 e. The van der Waals surface area contributed by atoms with Crippen molar-refractivity contribution in [1.82, 2.24) is 0 Å². The Labute approximate surface area is 148 Å². The highest BCUT2D eigenvalue weighted by molar-refractivity contribution is 6.11. The Morgan fingerprint density at radius 3 is 2.50 bits per heavy atom. The van der Waals surface area contributed by atoms with Gasteiger partial charge in [0.05, 0.1) is 0 Å². The molecule has 0 saturated heterocycles. The Morgan fingerprint density at radius 2 is 1.69 bits per heavy atom. The molecule has 0 aliphatic carbocycles. The lowest BCUT2D eigenvalue weighted by Gasteiger charge is -2.04. The van der Waals surface area contributed by atoms with Gasteiger partial charge in [-0.1, -0.05) is 48.5 Å². The van der Waals surface area contributed by atoms with Crippen molar-refractivity contribution in [3.8, 4) is 0 Å². The summed E-state index contributed by atoms with van der Waals surface area (Å²) in [5.74, 6) is -0.812. The van der Waals surface area contributed by atoms with E-state index in [0.717, 1.165) is 10.8 Å². The van der Waals surface area contributed by atoms with Gasteiger partial charge in [-0.05, 0) is 46.7 Å². The Kier molecular flexibility index (Phi) is 3.93. The van der Waals surface area contributed by atoms with Crippen LogP contribution in [-0.4, -0.2) is 5.78 Å². The largest absolute Gasteiger partial charge is 0.422 e. The number of allylic oxidation sites excluding steroid dienone is 1. The monoisotopic (exact) mass is 344 g/mol. The van der Waals surface area contributed by atoms with E-state index in [1.807, 2.05) is 30.3 Å². The van der Waals surface area contributed by atoms with Gasteiger partial charge in [0.25, 0.3) is 0 Å². The molecule has 0 amide bonds. The Morgan fingerprint density at radius 1 is 0.923 bits per heavy atom. The lowest BCUT2D eigenvalue weighted by Crippen LogP contribution is -2.12. The maximum Gasteiger partial charge on any atom is 0.347 e. The number of carbonyl (C=O) groups is 1. The third-order valence-corrected chi connectivity index (χ3v) is 4.20. The zero-order valence-electron chi connectivity index (χ0n) is 13.6. The highest BCUT2D eigenvalue weighted by Gasteiger charge is 2.13. The molecule has 4 heteroatoms. The first-order valence-corrected chi connectivity index (χ1v) is 8.05. The van der Waals surface area contributed by atoms with Gasteiger partial charge in [-0.15, -0.1) is 0 Å². The summed E-state index contributed by atoms with van der Waals surface area (Å²) in [6.45, 7) is 0. The van der Waals surface area contributed by atoms with Crippen LogP contribution in [0.1, 0.15) is 15.9 Å². The quantitative estimate of drug-likeness (QED) is 0.228. The summed E-state index contributed by atoms with van der Waals surface area (Å²) in [7, 11) is 0. The molecule has 0 aliphatic rings. The minimum atomic E-state index is -0.679. The van der Waals surface area contributed by atoms with Crippen molar-refractivity contribution >= 4 is 33.6 Å². The number of hydrogen-bond acceptors (Lipinski definition) is 3. The van der Waals surface area contributed by atoms with E-state index in [-0.39, 0.29) is 11.4 Å². The van der Waals surface area contributed by atoms with E-state index < -0.39 is 11.4 Å². The van der Waals surface area contributed by atoms with E-state index in [1.54, 1.807) is 24.3 Å². The summed E-state index contributed by atoms with van der Waals surface area (Å²) in [5.41, 5.74) is 0.386. The number of benzene rings is 3. The summed E-state index contributed by atoms with van der Waals surface area (Å²) < 4.78 is 18.3. The summed E-state index contributed by atoms with van der Waals surface area (Å²) in [6, 6.07) is 18.6. The average Bonchev–Trinajstić information content (AvgIpc) is 2.66. The molecular formula is C22H13FO3. The fourth-order valence-electron chi connectivity index (χ4n) is 2.88. The first-order valence-electron chi connectivity index (χ1n) is 8.05. The average molecular weight is 344 g/mol. The van der Waals surface area contributed by atoms with E-state index >= 15 is 0 Å². The molecule has 4 aromatic rings. The van der Waals surface area contributed by atoms with E-state index in [1.165, 1.54) is 24.3 Å². The number of rotatable bonds is 3. The zero-order valence-corrected chi connectivity index (χ0v) is 13.6. The van der Waals surface area contributed by atoms with Gasteiger partial charge in [-0.25, -0.2) is 9.18 Å². The molecule has 0 aliphatic heterocycles. The highest BCUT2D eigenvalue weighted by Crippen LogP contribution is 2.25. The van der Waals surface area contributed by atoms with Crippen LogP contribution in [0.4, 0.5) is 4.39 Å². The Hall–Kier alpha value is -3.53. The second-order valence-electron chi connectivity index (χ2n) is 5.90. The van der Waals surface area contributed by atoms with Crippen LogP contribution < -0.4 is 5.63 Å². The molecule has 0 saturated carbocycles. The van der Waals surface area contributed by atoms with E-state index in [2.05, 4.69) is 0 Å². The predicted molar refractivity (Wildman–Crippen MR) is 99.8 cm³/mol. The normalized spacial score (nSPS) is 11.4. The summed E-state index contributed by atoms with van der Waals surface area (Å²) in [5, 5.41) is 2.61. The van der Waals surface area contributed by atoms with Gasteiger partial charge in [0.15, 0.2) is 5.78 Å². The minimum absolute atomic E-state index is 0.0350. The van der Waals surface area contributed by atoms with Crippen molar-refractivity contribution in [3.05, 3.63) is 100 Å². The molecule has 0 atom stereocenters. The predicted octanol–water partition coefficient (Wildman–Crippen LogP) is 4.98. The van der Waals surface area contributed by atoms with Gasteiger partial charge in [-0.3, -0.25) is 4.79 Å². The number of fused-ring (bicyclic) bond motifs is 3. The molecule has 1 aromatic heterocycles. The molecule has 0 N–H and O–H groups in total. The lowest BCUT2D eigenvalue weighted by atomic mass is 10.0. The third-order valence-electron chi connectivity index (χ3n) is 4.20. The molecule has 1 heterocycles. The number of hydrogen-bond donors (Lipinski definition) is 0. The van der Waals surface area contributed by atoms with Gasteiger partial charge in [0.2, 0.25) is 0 Å². The van der Waals surface area contributed by atoms with Gasteiger partial charge in [0, 0.05) is 5.39 Å². The molecule has 3 nitrogen and oxygen atoms in total. The SMILES string of the molecule is O=C(/C=C\c1ccc(F)cc1)c1cc2c(ccc3ccccc32)oc1=O. The summed E-state index contributed by atoms with van der Waals surface area (Å²) in [4.78, 5) is 24.7. The van der Waals surface area contributed by atoms with Crippen LogP contribution in [0.5, 0.6) is 0 Å². The number of ketones is 1. The van der Waals surface area contributed by atoms with Crippen LogP contribution in [0.3, 0.4) is 0 Å². The first-order chi connectivity index (χ1) is 12.6. The van der Waals surface area contributed by atoms with Crippen LogP contribution >= 0.6 is 0 Å². The van der Waals surface area contributed by atoms with E-state index in [0.29, 0.717) is 16.5 Å². The minimum Gasteiger partial charge on any atom is -0.422 e. The van der Waals surface area contributed by atoms with Crippen LogP contribution in [0, 0.1) is 5.82 Å². The highest BCUT2D eigenvalue weighted by atomic mass is 19.1. The van der Waals surface area contributed by atoms with Crippen LogP contribution in [-0.2, 0) is 0 Å². The second kappa shape index (κ2) is 6.41. The molecule has 0 fully saturated rings. The van der Waals surface area contributed by atoms with Gasteiger partial charge in [0.1, 0.15) is 17.0 Å². The molecular weight excluding hydrogens is 331 g/mol. The molecule has 126 valence electrons. The molecule has 0 bridgehead atoms. The Balaban J connectivity index is 1.79. The van der Waals surface area contributed by atoms with Gasteiger partial charge < -0.3 is 4.42 Å². The summed E-state index contributed by atoms with van der Waals surface area (Å²) >= 11 is 0. The maximum atomic E-state index is 12.9. The molecule has 3 aromatic carbocycles. The van der Waals surface area contributed by atoms with Crippen molar-refractivity contribution in [2.75, 3.05) is 0 Å². The molecule has 0 radical (unpaired) electrons. The van der Waals surface area contributed by atoms with Crippen molar-refractivity contribution in [2.24, 2.45) is 0 Å². The number of halogens is 1. The van der Waals surface area contributed by atoms with Crippen molar-refractivity contribution in [3.63, 3.8) is 0 Å². The van der Waals surface area contributed by atoms with Gasteiger partial charge in [-0.2, -0.15) is 0 Å². The van der Waals surface area contributed by atoms with E-state index in [4.69, 9.17) is 4.42 Å². The van der Waals surface area contributed by atoms with Crippen LogP contribution in [0.2, 0.25) is 0 Å². The fourth-order valence-corrected chi connectivity index (χ4v) is 2.88. The standard InChI is InChI=1S/C22H13FO3/c23-16-9-5-14(6-10-16)7-11-20(24)19-13-18-17-4-2-1-3-15(17)8-12-21(18)26-22(19)25/h1-13H/b11-7-. The molecule has 0 unspecified atom stereocenters. The van der Waals surface area contributed by atoms with Crippen LogP contribution in [0.25, 0.3) is 27.8 Å².